The van der Waals surface area contributed by atoms with Gasteiger partial charge in [-0.1, -0.05) is 19.4 Å². The van der Waals surface area contributed by atoms with Crippen LogP contribution in [0, 0.1) is 12.7 Å². The lowest BCUT2D eigenvalue weighted by Crippen LogP contribution is -2.61. The summed E-state index contributed by atoms with van der Waals surface area (Å²) in [7, 11) is 0. The quantitative estimate of drug-likeness (QED) is 0.924. The van der Waals surface area contributed by atoms with Crippen LogP contribution >= 0.6 is 0 Å². The van der Waals surface area contributed by atoms with Gasteiger partial charge in [-0.05, 0) is 43.5 Å². The predicted octanol–water partition coefficient (Wildman–Crippen LogP) is 2.15. The molecule has 0 saturated carbocycles. The molecule has 1 saturated heterocycles. The average Bonchev–Trinajstić information content (AvgIpc) is 2.43. The molecule has 1 heterocycles. The van der Waals surface area contributed by atoms with Crippen LogP contribution in [0.15, 0.2) is 18.2 Å². The van der Waals surface area contributed by atoms with Crippen LogP contribution in [0.3, 0.4) is 0 Å². The van der Waals surface area contributed by atoms with Crippen LogP contribution in [0.4, 0.5) is 4.39 Å². The Labute approximate surface area is 124 Å². The van der Waals surface area contributed by atoms with E-state index < -0.39 is 12.1 Å². The van der Waals surface area contributed by atoms with Gasteiger partial charge in [0, 0.05) is 6.54 Å². The van der Waals surface area contributed by atoms with E-state index in [1.165, 1.54) is 12.1 Å². The maximum absolute atomic E-state index is 13.2. The van der Waals surface area contributed by atoms with Crippen molar-refractivity contribution >= 4 is 11.8 Å². The summed E-state index contributed by atoms with van der Waals surface area (Å²) in [5.41, 5.74) is 1.65. The Morgan fingerprint density at radius 3 is 2.67 bits per heavy atom. The number of halogens is 1. The molecule has 1 aliphatic heterocycles. The minimum Gasteiger partial charge on any atom is -0.343 e. The maximum Gasteiger partial charge on any atom is 0.246 e. The fourth-order valence-electron chi connectivity index (χ4n) is 2.61. The van der Waals surface area contributed by atoms with Gasteiger partial charge in [-0.3, -0.25) is 9.59 Å². The van der Waals surface area contributed by atoms with Crippen molar-refractivity contribution in [2.24, 2.45) is 0 Å². The van der Waals surface area contributed by atoms with Crippen molar-refractivity contribution in [1.29, 1.82) is 0 Å². The third kappa shape index (κ3) is 3.23. The molecular weight excluding hydrogens is 271 g/mol. The minimum atomic E-state index is -0.505. The molecule has 1 fully saturated rings. The summed E-state index contributed by atoms with van der Waals surface area (Å²) in [6.45, 7) is 5.83. The van der Waals surface area contributed by atoms with Crippen LogP contribution in [-0.2, 0) is 16.1 Å². The number of carbonyl (C=O) groups is 2. The van der Waals surface area contributed by atoms with Crippen molar-refractivity contribution in [1.82, 2.24) is 10.2 Å². The Morgan fingerprint density at radius 2 is 2.05 bits per heavy atom. The largest absolute Gasteiger partial charge is 0.343 e. The molecule has 0 aliphatic carbocycles. The summed E-state index contributed by atoms with van der Waals surface area (Å²) in [5.74, 6) is -0.489. The summed E-state index contributed by atoms with van der Waals surface area (Å²) >= 11 is 0. The second-order valence-corrected chi connectivity index (χ2v) is 5.56. The van der Waals surface area contributed by atoms with E-state index in [0.717, 1.165) is 17.5 Å². The number of hydrogen-bond donors (Lipinski definition) is 1. The van der Waals surface area contributed by atoms with Crippen LogP contribution in [0.25, 0.3) is 0 Å². The van der Waals surface area contributed by atoms with Gasteiger partial charge in [0.25, 0.3) is 0 Å². The van der Waals surface area contributed by atoms with Crippen molar-refractivity contribution in [3.8, 4) is 0 Å². The van der Waals surface area contributed by atoms with E-state index in [-0.39, 0.29) is 17.6 Å². The second kappa shape index (κ2) is 6.24. The highest BCUT2D eigenvalue weighted by Crippen LogP contribution is 2.19. The number of benzene rings is 1. The standard InChI is InChI=1S/C16H21FN2O2/c1-4-5-14-16(21)19(11(3)15(20)18-14)9-12-6-7-13(17)8-10(12)2/h6-8,11,14H,4-5,9H2,1-3H3,(H,18,20). The van der Waals surface area contributed by atoms with Crippen LogP contribution in [0.2, 0.25) is 0 Å². The number of aryl methyl sites for hydroxylation is 1. The summed E-state index contributed by atoms with van der Waals surface area (Å²) in [6.07, 6.45) is 1.46. The molecule has 1 aromatic rings. The minimum absolute atomic E-state index is 0.0623. The molecule has 1 aliphatic rings. The third-order valence-corrected chi connectivity index (χ3v) is 3.97. The first kappa shape index (κ1) is 15.5. The number of hydrogen-bond acceptors (Lipinski definition) is 2. The van der Waals surface area contributed by atoms with Gasteiger partial charge in [-0.25, -0.2) is 4.39 Å². The van der Waals surface area contributed by atoms with Gasteiger partial charge in [-0.2, -0.15) is 0 Å². The fourth-order valence-corrected chi connectivity index (χ4v) is 2.61. The Balaban J connectivity index is 2.22. The summed E-state index contributed by atoms with van der Waals surface area (Å²) in [6, 6.07) is 3.55. The van der Waals surface area contributed by atoms with Gasteiger partial charge in [0.15, 0.2) is 0 Å². The summed E-state index contributed by atoms with van der Waals surface area (Å²) in [4.78, 5) is 26.1. The lowest BCUT2D eigenvalue weighted by atomic mass is 10.0. The zero-order chi connectivity index (χ0) is 15.6. The van der Waals surface area contributed by atoms with Gasteiger partial charge in [0.2, 0.25) is 11.8 Å². The summed E-state index contributed by atoms with van der Waals surface area (Å²) in [5, 5.41) is 2.77. The van der Waals surface area contributed by atoms with Crippen molar-refractivity contribution in [3.05, 3.63) is 35.1 Å². The molecule has 0 spiro atoms. The maximum atomic E-state index is 13.2. The van der Waals surface area contributed by atoms with Crippen molar-refractivity contribution in [2.45, 2.75) is 52.2 Å². The molecule has 2 atom stereocenters. The highest BCUT2D eigenvalue weighted by Gasteiger charge is 2.37. The SMILES string of the molecule is CCCC1NC(=O)C(C)N(Cc2ccc(F)cc2C)C1=O. The van der Waals surface area contributed by atoms with E-state index in [4.69, 9.17) is 0 Å². The van der Waals surface area contributed by atoms with Crippen LogP contribution in [0.1, 0.15) is 37.8 Å². The predicted molar refractivity (Wildman–Crippen MR) is 78.0 cm³/mol. The average molecular weight is 292 g/mol. The van der Waals surface area contributed by atoms with Gasteiger partial charge in [0.1, 0.15) is 17.9 Å². The topological polar surface area (TPSA) is 49.4 Å². The van der Waals surface area contributed by atoms with Crippen molar-refractivity contribution in [3.63, 3.8) is 0 Å². The summed E-state index contributed by atoms with van der Waals surface area (Å²) < 4.78 is 13.2. The molecule has 1 N–H and O–H groups in total. The second-order valence-electron chi connectivity index (χ2n) is 5.56. The lowest BCUT2D eigenvalue weighted by molar-refractivity contribution is -0.149. The zero-order valence-corrected chi connectivity index (χ0v) is 12.6. The molecule has 0 radical (unpaired) electrons. The Morgan fingerprint density at radius 1 is 1.33 bits per heavy atom. The molecule has 1 aromatic carbocycles. The number of carbonyl (C=O) groups excluding carboxylic acids is 2. The highest BCUT2D eigenvalue weighted by molar-refractivity contribution is 5.96. The number of amides is 2. The van der Waals surface area contributed by atoms with E-state index >= 15 is 0 Å². The van der Waals surface area contributed by atoms with E-state index in [2.05, 4.69) is 5.32 Å². The van der Waals surface area contributed by atoms with E-state index in [0.29, 0.717) is 13.0 Å². The molecule has 4 nitrogen and oxygen atoms in total. The van der Waals surface area contributed by atoms with Gasteiger partial charge in [0.05, 0.1) is 0 Å². The van der Waals surface area contributed by atoms with E-state index in [1.54, 1.807) is 24.8 Å². The molecule has 21 heavy (non-hydrogen) atoms. The number of piperazine rings is 1. The molecule has 5 heteroatoms. The highest BCUT2D eigenvalue weighted by atomic mass is 19.1. The van der Waals surface area contributed by atoms with E-state index in [9.17, 15) is 14.0 Å². The Kier molecular flexibility index (Phi) is 4.60. The molecular formula is C16H21FN2O2. The molecule has 2 amide bonds. The first-order valence-corrected chi connectivity index (χ1v) is 7.30. The molecule has 0 bridgehead atoms. The third-order valence-electron chi connectivity index (χ3n) is 3.97. The molecule has 114 valence electrons. The van der Waals surface area contributed by atoms with Crippen molar-refractivity contribution < 1.29 is 14.0 Å². The van der Waals surface area contributed by atoms with Gasteiger partial charge in [-0.15, -0.1) is 0 Å². The van der Waals surface area contributed by atoms with Crippen LogP contribution in [0.5, 0.6) is 0 Å². The normalized spacial score (nSPS) is 22.4. The number of nitrogens with zero attached hydrogens (tertiary/aromatic N) is 1. The van der Waals surface area contributed by atoms with Gasteiger partial charge < -0.3 is 10.2 Å². The first-order chi connectivity index (χ1) is 9.93. The van der Waals surface area contributed by atoms with Gasteiger partial charge >= 0.3 is 0 Å². The molecule has 2 rings (SSSR count). The van der Waals surface area contributed by atoms with E-state index in [1.807, 2.05) is 6.92 Å². The Hall–Kier alpha value is -1.91. The Bertz CT molecular complexity index is 559. The molecule has 2 unspecified atom stereocenters. The number of nitrogens with one attached hydrogen (secondary N) is 1. The number of rotatable bonds is 4. The monoisotopic (exact) mass is 292 g/mol. The first-order valence-electron chi connectivity index (χ1n) is 7.30. The lowest BCUT2D eigenvalue weighted by Gasteiger charge is -2.37. The van der Waals surface area contributed by atoms with Crippen LogP contribution in [-0.4, -0.2) is 28.8 Å². The smallest absolute Gasteiger partial charge is 0.246 e. The zero-order valence-electron chi connectivity index (χ0n) is 12.6. The van der Waals surface area contributed by atoms with Crippen LogP contribution < -0.4 is 5.32 Å². The fraction of sp³-hybridized carbons (Fsp3) is 0.500. The van der Waals surface area contributed by atoms with Crippen molar-refractivity contribution in [2.75, 3.05) is 0 Å². The molecule has 0 aromatic heterocycles.